The highest BCUT2D eigenvalue weighted by molar-refractivity contribution is 5.92. The lowest BCUT2D eigenvalue weighted by atomic mass is 9.83. The number of hydrogen-bond donors (Lipinski definition) is 0. The first-order chi connectivity index (χ1) is 12.4. The fourth-order valence-electron chi connectivity index (χ4n) is 4.47. The van der Waals surface area contributed by atoms with E-state index in [1.54, 1.807) is 10.7 Å². The van der Waals surface area contributed by atoms with Gasteiger partial charge in [-0.15, -0.1) is 0 Å². The second-order valence-corrected chi connectivity index (χ2v) is 8.15. The Balaban J connectivity index is 1.58. The van der Waals surface area contributed by atoms with E-state index in [4.69, 9.17) is 0 Å². The van der Waals surface area contributed by atoms with Crippen molar-refractivity contribution < 1.29 is 4.79 Å². The quantitative estimate of drug-likeness (QED) is 0.847. The minimum atomic E-state index is 0.0523. The Morgan fingerprint density at radius 1 is 1.27 bits per heavy atom. The number of piperidine rings is 1. The first kappa shape index (κ1) is 17.1. The van der Waals surface area contributed by atoms with E-state index in [-0.39, 0.29) is 17.4 Å². The average Bonchev–Trinajstić information content (AvgIpc) is 2.94. The van der Waals surface area contributed by atoms with Gasteiger partial charge in [-0.2, -0.15) is 5.10 Å². The molecule has 0 N–H and O–H groups in total. The molecule has 1 fully saturated rings. The standard InChI is InChI=1S/C20H26N4O2/c1-13(2)7-16-9-18(22(3)21-16)20(26)23-10-14-8-15(12-23)17-5-4-6-19(25)24(17)11-14/h4-6,9,13-15H,7-8,10-12H2,1-3H3/t14-,15+/m1/s1. The molecule has 6 heteroatoms. The molecule has 2 aliphatic heterocycles. The maximum atomic E-state index is 13.1. The summed E-state index contributed by atoms with van der Waals surface area (Å²) in [4.78, 5) is 27.2. The number of hydrogen-bond acceptors (Lipinski definition) is 3. The molecule has 0 spiro atoms. The lowest BCUT2D eigenvalue weighted by molar-refractivity contribution is 0.0584. The molecule has 4 heterocycles. The van der Waals surface area contributed by atoms with Crippen LogP contribution < -0.4 is 5.56 Å². The van der Waals surface area contributed by atoms with Crippen LogP contribution in [0.3, 0.4) is 0 Å². The van der Waals surface area contributed by atoms with E-state index in [1.807, 2.05) is 34.7 Å². The maximum absolute atomic E-state index is 13.1. The first-order valence-electron chi connectivity index (χ1n) is 9.44. The van der Waals surface area contributed by atoms with Crippen LogP contribution in [0.2, 0.25) is 0 Å². The average molecular weight is 354 g/mol. The van der Waals surface area contributed by atoms with E-state index in [2.05, 4.69) is 18.9 Å². The molecule has 0 aliphatic carbocycles. The predicted octanol–water partition coefficient (Wildman–Crippen LogP) is 2.04. The van der Waals surface area contributed by atoms with E-state index >= 15 is 0 Å². The van der Waals surface area contributed by atoms with Crippen LogP contribution in [0.4, 0.5) is 0 Å². The fraction of sp³-hybridized carbons (Fsp3) is 0.550. The summed E-state index contributed by atoms with van der Waals surface area (Å²) in [6.07, 6.45) is 1.93. The molecule has 4 rings (SSSR count). The van der Waals surface area contributed by atoms with Gasteiger partial charge in [-0.25, -0.2) is 0 Å². The summed E-state index contributed by atoms with van der Waals surface area (Å²) >= 11 is 0. The molecule has 0 saturated carbocycles. The molecule has 2 bridgehead atoms. The zero-order valence-corrected chi connectivity index (χ0v) is 15.7. The number of carbonyl (C=O) groups is 1. The van der Waals surface area contributed by atoms with Gasteiger partial charge in [0.25, 0.3) is 11.5 Å². The number of likely N-dealkylation sites (tertiary alicyclic amines) is 1. The topological polar surface area (TPSA) is 60.1 Å². The zero-order valence-electron chi connectivity index (χ0n) is 15.7. The smallest absolute Gasteiger partial charge is 0.272 e. The SMILES string of the molecule is CC(C)Cc1cc(C(=O)N2C[C@H]3C[C@@H](C2)c2cccc(=O)n2C3)n(C)n1. The van der Waals surface area contributed by atoms with Gasteiger partial charge in [0.1, 0.15) is 5.69 Å². The number of amides is 1. The molecule has 26 heavy (non-hydrogen) atoms. The van der Waals surface area contributed by atoms with Crippen LogP contribution in [0.1, 0.15) is 48.1 Å². The number of aryl methyl sites for hydroxylation is 1. The Kier molecular flexibility index (Phi) is 4.21. The third-order valence-corrected chi connectivity index (χ3v) is 5.53. The molecule has 1 amide bonds. The lowest BCUT2D eigenvalue weighted by Crippen LogP contribution is -2.49. The highest BCUT2D eigenvalue weighted by atomic mass is 16.2. The van der Waals surface area contributed by atoms with Gasteiger partial charge in [0.05, 0.1) is 5.69 Å². The van der Waals surface area contributed by atoms with Crippen molar-refractivity contribution in [2.75, 3.05) is 13.1 Å². The number of aromatic nitrogens is 3. The van der Waals surface area contributed by atoms with E-state index in [1.165, 1.54) is 0 Å². The van der Waals surface area contributed by atoms with E-state index < -0.39 is 0 Å². The van der Waals surface area contributed by atoms with Crippen molar-refractivity contribution in [1.29, 1.82) is 0 Å². The molecule has 2 atom stereocenters. The van der Waals surface area contributed by atoms with Crippen LogP contribution in [-0.4, -0.2) is 38.2 Å². The highest BCUT2D eigenvalue weighted by Gasteiger charge is 2.37. The number of carbonyl (C=O) groups excluding carboxylic acids is 1. The van der Waals surface area contributed by atoms with E-state index in [0.29, 0.717) is 37.2 Å². The predicted molar refractivity (Wildman–Crippen MR) is 99.2 cm³/mol. The molecule has 2 aromatic heterocycles. The zero-order chi connectivity index (χ0) is 18.4. The lowest BCUT2D eigenvalue weighted by Gasteiger charge is -2.42. The van der Waals surface area contributed by atoms with Crippen LogP contribution >= 0.6 is 0 Å². The summed E-state index contributed by atoms with van der Waals surface area (Å²) < 4.78 is 3.61. The Labute approximate surface area is 153 Å². The van der Waals surface area contributed by atoms with Crippen LogP contribution in [0.25, 0.3) is 0 Å². The fourth-order valence-corrected chi connectivity index (χ4v) is 4.47. The summed E-state index contributed by atoms with van der Waals surface area (Å²) in [5.74, 6) is 1.14. The third-order valence-electron chi connectivity index (χ3n) is 5.53. The number of pyridine rings is 1. The maximum Gasteiger partial charge on any atom is 0.272 e. The Bertz CT molecular complexity index is 895. The molecule has 2 aromatic rings. The van der Waals surface area contributed by atoms with Gasteiger partial charge in [-0.05, 0) is 36.8 Å². The van der Waals surface area contributed by atoms with Crippen molar-refractivity contribution >= 4 is 5.91 Å². The second-order valence-electron chi connectivity index (χ2n) is 8.15. The van der Waals surface area contributed by atoms with Gasteiger partial charge in [0.15, 0.2) is 0 Å². The van der Waals surface area contributed by atoms with Crippen LogP contribution in [0.15, 0.2) is 29.1 Å². The normalized spacial score (nSPS) is 21.8. The summed E-state index contributed by atoms with van der Waals surface area (Å²) in [5, 5.41) is 4.51. The van der Waals surface area contributed by atoms with Crippen LogP contribution in [0.5, 0.6) is 0 Å². The van der Waals surface area contributed by atoms with Gasteiger partial charge in [0.2, 0.25) is 0 Å². The highest BCUT2D eigenvalue weighted by Crippen LogP contribution is 2.35. The Morgan fingerprint density at radius 3 is 2.85 bits per heavy atom. The molecule has 0 aromatic carbocycles. The molecule has 138 valence electrons. The molecular formula is C20H26N4O2. The number of nitrogens with zero attached hydrogens (tertiary/aromatic N) is 4. The minimum Gasteiger partial charge on any atom is -0.336 e. The monoisotopic (exact) mass is 354 g/mol. The van der Waals surface area contributed by atoms with E-state index in [0.717, 1.165) is 24.2 Å². The third kappa shape index (κ3) is 2.97. The molecule has 0 unspecified atom stereocenters. The van der Waals surface area contributed by atoms with Crippen molar-refractivity contribution in [3.8, 4) is 0 Å². The van der Waals surface area contributed by atoms with Crippen molar-refractivity contribution in [2.45, 2.75) is 39.2 Å². The van der Waals surface area contributed by atoms with Crippen molar-refractivity contribution in [1.82, 2.24) is 19.2 Å². The van der Waals surface area contributed by atoms with Gasteiger partial charge >= 0.3 is 0 Å². The van der Waals surface area contributed by atoms with Crippen LogP contribution in [-0.2, 0) is 20.0 Å². The first-order valence-corrected chi connectivity index (χ1v) is 9.44. The van der Waals surface area contributed by atoms with Crippen LogP contribution in [0, 0.1) is 11.8 Å². The van der Waals surface area contributed by atoms with Gasteiger partial charge in [-0.1, -0.05) is 19.9 Å². The Hall–Kier alpha value is -2.37. The molecule has 1 saturated heterocycles. The second kappa shape index (κ2) is 6.41. The van der Waals surface area contributed by atoms with Crippen molar-refractivity contribution in [3.05, 3.63) is 51.7 Å². The molecule has 6 nitrogen and oxygen atoms in total. The Morgan fingerprint density at radius 2 is 2.08 bits per heavy atom. The van der Waals surface area contributed by atoms with Gasteiger partial charge in [-0.3, -0.25) is 14.3 Å². The number of fused-ring (bicyclic) bond motifs is 4. The summed E-state index contributed by atoms with van der Waals surface area (Å²) in [5.41, 5.74) is 2.77. The largest absolute Gasteiger partial charge is 0.336 e. The molecular weight excluding hydrogens is 328 g/mol. The molecule has 0 radical (unpaired) electrons. The van der Waals surface area contributed by atoms with Crippen molar-refractivity contribution in [2.24, 2.45) is 18.9 Å². The number of rotatable bonds is 3. The summed E-state index contributed by atoms with van der Waals surface area (Å²) in [6, 6.07) is 7.42. The summed E-state index contributed by atoms with van der Waals surface area (Å²) in [6.45, 7) is 6.40. The van der Waals surface area contributed by atoms with E-state index in [9.17, 15) is 9.59 Å². The van der Waals surface area contributed by atoms with Gasteiger partial charge < -0.3 is 9.47 Å². The molecule has 2 aliphatic rings. The minimum absolute atomic E-state index is 0.0523. The van der Waals surface area contributed by atoms with Gasteiger partial charge in [0, 0.05) is 44.4 Å². The summed E-state index contributed by atoms with van der Waals surface area (Å²) in [7, 11) is 1.84. The van der Waals surface area contributed by atoms with Crippen molar-refractivity contribution in [3.63, 3.8) is 0 Å².